The number of aromatic nitrogens is 5. The molecule has 8 heteroatoms. The summed E-state index contributed by atoms with van der Waals surface area (Å²) in [5.41, 5.74) is 2.24. The normalized spacial score (nSPS) is 16.1. The quantitative estimate of drug-likeness (QED) is 0.534. The van der Waals surface area contributed by atoms with Gasteiger partial charge in [-0.05, 0) is 38.5 Å². The first kappa shape index (κ1) is 16.6. The second kappa shape index (κ2) is 5.71. The SMILES string of the molecule is CCn1c(=O)n2nc(-c3cccnc3)nc2c2c3c(sc21)COC(C)(C)C3. The Morgan fingerprint density at radius 2 is 2.22 bits per heavy atom. The van der Waals surface area contributed by atoms with Crippen LogP contribution in [-0.2, 0) is 24.3 Å². The van der Waals surface area contributed by atoms with Crippen LogP contribution in [0.15, 0.2) is 29.3 Å². The number of hydrogen-bond acceptors (Lipinski definition) is 6. The first-order valence-corrected chi connectivity index (χ1v) is 9.78. The van der Waals surface area contributed by atoms with E-state index in [1.54, 1.807) is 28.3 Å². The van der Waals surface area contributed by atoms with Crippen LogP contribution < -0.4 is 5.69 Å². The third-order valence-electron chi connectivity index (χ3n) is 4.99. The number of rotatable bonds is 2. The van der Waals surface area contributed by atoms with Gasteiger partial charge in [0.1, 0.15) is 4.83 Å². The summed E-state index contributed by atoms with van der Waals surface area (Å²) in [5, 5.41) is 5.54. The Kier molecular flexibility index (Phi) is 3.50. The fourth-order valence-electron chi connectivity index (χ4n) is 3.66. The van der Waals surface area contributed by atoms with E-state index < -0.39 is 0 Å². The smallest absolute Gasteiger partial charge is 0.351 e. The van der Waals surface area contributed by atoms with E-state index in [4.69, 9.17) is 9.72 Å². The predicted molar refractivity (Wildman–Crippen MR) is 104 cm³/mol. The van der Waals surface area contributed by atoms with Crippen molar-refractivity contribution in [2.45, 2.75) is 45.9 Å². The van der Waals surface area contributed by atoms with Gasteiger partial charge in [0.05, 0.1) is 17.6 Å². The minimum absolute atomic E-state index is 0.165. The maximum Gasteiger partial charge on any atom is 0.351 e. The maximum atomic E-state index is 13.0. The highest BCUT2D eigenvalue weighted by atomic mass is 32.1. The maximum absolute atomic E-state index is 13.0. The molecule has 0 saturated carbocycles. The second-order valence-corrected chi connectivity index (χ2v) is 8.43. The number of ether oxygens (including phenoxy) is 1. The zero-order valence-corrected chi connectivity index (χ0v) is 16.2. The van der Waals surface area contributed by atoms with Crippen LogP contribution in [0.4, 0.5) is 0 Å². The summed E-state index contributed by atoms with van der Waals surface area (Å²) in [6.07, 6.45) is 4.21. The van der Waals surface area contributed by atoms with Crippen LogP contribution in [0.1, 0.15) is 31.2 Å². The monoisotopic (exact) mass is 381 g/mol. The molecule has 4 aromatic rings. The van der Waals surface area contributed by atoms with Crippen molar-refractivity contribution in [2.24, 2.45) is 0 Å². The van der Waals surface area contributed by atoms with Crippen molar-refractivity contribution in [3.63, 3.8) is 0 Å². The van der Waals surface area contributed by atoms with Crippen LogP contribution in [-0.4, -0.2) is 29.8 Å². The summed E-state index contributed by atoms with van der Waals surface area (Å²) < 4.78 is 9.20. The molecule has 138 valence electrons. The lowest BCUT2D eigenvalue weighted by atomic mass is 9.94. The molecule has 0 aliphatic carbocycles. The number of nitrogens with zero attached hydrogens (tertiary/aromatic N) is 5. The molecular weight excluding hydrogens is 362 g/mol. The molecule has 5 rings (SSSR count). The summed E-state index contributed by atoms with van der Waals surface area (Å²) in [6.45, 7) is 7.31. The zero-order chi connectivity index (χ0) is 18.8. The lowest BCUT2D eigenvalue weighted by molar-refractivity contribution is -0.0379. The van der Waals surface area contributed by atoms with Crippen LogP contribution in [0.5, 0.6) is 0 Å². The molecule has 7 nitrogen and oxygen atoms in total. The summed E-state index contributed by atoms with van der Waals surface area (Å²) in [7, 11) is 0. The molecule has 5 heterocycles. The standard InChI is InChI=1S/C19H19N5O2S/c1-4-23-17-14(12-8-19(2,3)26-10-13(12)27-17)16-21-15(22-24(16)18(23)25)11-6-5-7-20-9-11/h5-7,9H,4,8,10H2,1-3H3. The van der Waals surface area contributed by atoms with Crippen LogP contribution >= 0.6 is 11.3 Å². The van der Waals surface area contributed by atoms with Crippen LogP contribution in [0, 0.1) is 0 Å². The Morgan fingerprint density at radius 3 is 2.96 bits per heavy atom. The van der Waals surface area contributed by atoms with Crippen molar-refractivity contribution in [2.75, 3.05) is 0 Å². The predicted octanol–water partition coefficient (Wildman–Crippen LogP) is 3.04. The van der Waals surface area contributed by atoms with Crippen LogP contribution in [0.3, 0.4) is 0 Å². The second-order valence-electron chi connectivity index (χ2n) is 7.35. The molecule has 0 saturated heterocycles. The van der Waals surface area contributed by atoms with Crippen molar-refractivity contribution in [1.82, 2.24) is 24.1 Å². The van der Waals surface area contributed by atoms with Gasteiger partial charge in [0, 0.05) is 35.8 Å². The number of pyridine rings is 1. The molecule has 0 bridgehead atoms. The van der Waals surface area contributed by atoms with Gasteiger partial charge in [0.25, 0.3) is 0 Å². The first-order chi connectivity index (χ1) is 13.0. The van der Waals surface area contributed by atoms with E-state index >= 15 is 0 Å². The van der Waals surface area contributed by atoms with Crippen molar-refractivity contribution in [3.8, 4) is 11.4 Å². The van der Waals surface area contributed by atoms with Gasteiger partial charge in [-0.1, -0.05) is 0 Å². The van der Waals surface area contributed by atoms with E-state index in [1.165, 1.54) is 15.0 Å². The van der Waals surface area contributed by atoms with E-state index in [0.717, 1.165) is 22.2 Å². The molecule has 0 amide bonds. The molecule has 1 aliphatic heterocycles. The molecule has 0 unspecified atom stereocenters. The zero-order valence-electron chi connectivity index (χ0n) is 15.4. The summed E-state index contributed by atoms with van der Waals surface area (Å²) in [4.78, 5) is 24.0. The molecular formula is C19H19N5O2S. The lowest BCUT2D eigenvalue weighted by Gasteiger charge is -2.30. The highest BCUT2D eigenvalue weighted by molar-refractivity contribution is 7.19. The van der Waals surface area contributed by atoms with Gasteiger partial charge < -0.3 is 4.74 Å². The van der Waals surface area contributed by atoms with Crippen LogP contribution in [0.25, 0.3) is 27.3 Å². The molecule has 0 N–H and O–H groups in total. The fraction of sp³-hybridized carbons (Fsp3) is 0.368. The minimum Gasteiger partial charge on any atom is -0.370 e. The van der Waals surface area contributed by atoms with Crippen molar-refractivity contribution < 1.29 is 4.74 Å². The topological polar surface area (TPSA) is 74.3 Å². The number of thiophene rings is 1. The third-order valence-corrected chi connectivity index (χ3v) is 6.22. The number of fused-ring (bicyclic) bond motifs is 5. The highest BCUT2D eigenvalue weighted by Gasteiger charge is 2.32. The molecule has 27 heavy (non-hydrogen) atoms. The Bertz CT molecular complexity index is 1240. The number of hydrogen-bond donors (Lipinski definition) is 0. The van der Waals surface area contributed by atoms with Crippen molar-refractivity contribution in [1.29, 1.82) is 0 Å². The van der Waals surface area contributed by atoms with Gasteiger partial charge in [-0.25, -0.2) is 9.78 Å². The Morgan fingerprint density at radius 1 is 1.37 bits per heavy atom. The number of aryl methyl sites for hydroxylation is 1. The summed E-state index contributed by atoms with van der Waals surface area (Å²) >= 11 is 1.63. The molecule has 0 spiro atoms. The summed E-state index contributed by atoms with van der Waals surface area (Å²) in [5.74, 6) is 0.515. The van der Waals surface area contributed by atoms with E-state index in [-0.39, 0.29) is 11.3 Å². The fourth-order valence-corrected chi connectivity index (χ4v) is 4.95. The largest absolute Gasteiger partial charge is 0.370 e. The van der Waals surface area contributed by atoms with Gasteiger partial charge in [0.15, 0.2) is 11.5 Å². The van der Waals surface area contributed by atoms with Crippen LogP contribution in [0.2, 0.25) is 0 Å². The molecule has 0 atom stereocenters. The molecule has 4 aromatic heterocycles. The Labute approximate surface area is 159 Å². The molecule has 0 radical (unpaired) electrons. The third kappa shape index (κ3) is 2.44. The average Bonchev–Trinajstić information content (AvgIpc) is 3.24. The lowest BCUT2D eigenvalue weighted by Crippen LogP contribution is -2.31. The van der Waals surface area contributed by atoms with Gasteiger partial charge in [-0.2, -0.15) is 4.52 Å². The van der Waals surface area contributed by atoms with E-state index in [9.17, 15) is 4.79 Å². The molecule has 0 fully saturated rings. The summed E-state index contributed by atoms with van der Waals surface area (Å²) in [6, 6.07) is 3.74. The molecule has 0 aromatic carbocycles. The van der Waals surface area contributed by atoms with Gasteiger partial charge in [-0.3, -0.25) is 9.55 Å². The minimum atomic E-state index is -0.239. The van der Waals surface area contributed by atoms with Gasteiger partial charge >= 0.3 is 5.69 Å². The molecule has 1 aliphatic rings. The van der Waals surface area contributed by atoms with Gasteiger partial charge in [0.2, 0.25) is 0 Å². The highest BCUT2D eigenvalue weighted by Crippen LogP contribution is 2.40. The Hall–Kier alpha value is -2.58. The van der Waals surface area contributed by atoms with E-state index in [0.29, 0.717) is 24.6 Å². The Balaban J connectivity index is 1.89. The van der Waals surface area contributed by atoms with E-state index in [1.807, 2.05) is 19.1 Å². The van der Waals surface area contributed by atoms with Gasteiger partial charge in [-0.15, -0.1) is 16.4 Å². The van der Waals surface area contributed by atoms with Crippen molar-refractivity contribution >= 4 is 27.2 Å². The first-order valence-electron chi connectivity index (χ1n) is 8.96. The average molecular weight is 381 g/mol. The van der Waals surface area contributed by atoms with E-state index in [2.05, 4.69) is 23.9 Å². The van der Waals surface area contributed by atoms with Crippen molar-refractivity contribution in [3.05, 3.63) is 45.5 Å².